The molecule has 0 amide bonds. The van der Waals surface area contributed by atoms with Crippen LogP contribution < -0.4 is 4.89 Å². The van der Waals surface area contributed by atoms with E-state index in [9.17, 15) is 14.5 Å². The number of carbonyl (C=O) groups is 1. The monoisotopic (exact) mass is 190 g/mol. The van der Waals surface area contributed by atoms with Crippen LogP contribution in [0.15, 0.2) is 5.57 Å². The van der Waals surface area contributed by atoms with E-state index in [4.69, 9.17) is 10.2 Å². The Morgan fingerprint density at radius 2 is 2.17 bits per heavy atom. The number of hydrogen-bond acceptors (Lipinski definition) is 4. The molecule has 1 atom stereocenters. The predicted molar refractivity (Wildman–Crippen MR) is 41.5 cm³/mol. The van der Waals surface area contributed by atoms with Crippen molar-refractivity contribution < 1.29 is 24.7 Å². The number of carbonyl (C=O) groups excluding carboxylic acids is 1. The lowest BCUT2D eigenvalue weighted by molar-refractivity contribution is -0.156. The van der Waals surface area contributed by atoms with Gasteiger partial charge >= 0.3 is 5.97 Å². The minimum absolute atomic E-state index is 0.144. The van der Waals surface area contributed by atoms with Crippen LogP contribution in [0.3, 0.4) is 0 Å². The second-order valence-corrected chi connectivity index (χ2v) is 3.60. The Kier molecular flexibility index (Phi) is 4.40. The SMILES string of the molecule is CC(C(=C=O)C(=O)O)=[P+]([O-])CO. The summed E-state index contributed by atoms with van der Waals surface area (Å²) in [6.07, 6.45) is -0.667. The number of carboxylic acids is 1. The maximum absolute atomic E-state index is 10.8. The standard InChI is InChI=1S/C6H7O5P/c1-4(12(11)3-8)5(2-7)6(9)10/h8H,3H2,1H3,(H,9,10). The molecule has 12 heavy (non-hydrogen) atoms. The highest BCUT2D eigenvalue weighted by Gasteiger charge is 2.18. The van der Waals surface area contributed by atoms with E-state index in [1.54, 1.807) is 0 Å². The maximum atomic E-state index is 10.8. The van der Waals surface area contributed by atoms with Crippen LogP contribution in [0.4, 0.5) is 0 Å². The van der Waals surface area contributed by atoms with Gasteiger partial charge in [0.25, 0.3) is 0 Å². The zero-order valence-electron chi connectivity index (χ0n) is 6.27. The van der Waals surface area contributed by atoms with Crippen LogP contribution in [0.2, 0.25) is 0 Å². The highest BCUT2D eigenvalue weighted by molar-refractivity contribution is 7.52. The van der Waals surface area contributed by atoms with Gasteiger partial charge in [-0.3, -0.25) is 0 Å². The molecule has 5 nitrogen and oxygen atoms in total. The number of aliphatic hydroxyl groups excluding tert-OH is 1. The number of aliphatic carboxylic acids is 1. The fourth-order valence-corrected chi connectivity index (χ4v) is 1.11. The molecular formula is C6H7O5P. The van der Waals surface area contributed by atoms with Crippen LogP contribution in [-0.2, 0) is 9.59 Å². The van der Waals surface area contributed by atoms with Gasteiger partial charge in [-0.25, -0.2) is 9.59 Å². The van der Waals surface area contributed by atoms with Gasteiger partial charge in [-0.2, -0.15) is 0 Å². The van der Waals surface area contributed by atoms with E-state index in [2.05, 4.69) is 0 Å². The first-order valence-electron chi connectivity index (χ1n) is 2.92. The van der Waals surface area contributed by atoms with Crippen molar-refractivity contribution in [3.8, 4) is 0 Å². The molecular weight excluding hydrogens is 183 g/mol. The fraction of sp³-hybridized carbons (Fsp3) is 0.333. The molecule has 1 unspecified atom stereocenters. The molecule has 0 radical (unpaired) electrons. The zero-order valence-corrected chi connectivity index (χ0v) is 7.17. The van der Waals surface area contributed by atoms with Crippen molar-refractivity contribution in [2.45, 2.75) is 6.92 Å². The lowest BCUT2D eigenvalue weighted by Gasteiger charge is -1.97. The van der Waals surface area contributed by atoms with Crippen molar-refractivity contribution in [1.82, 2.24) is 0 Å². The van der Waals surface area contributed by atoms with E-state index in [-0.39, 0.29) is 5.29 Å². The molecule has 0 aliphatic carbocycles. The Hall–Kier alpha value is -0.990. The summed E-state index contributed by atoms with van der Waals surface area (Å²) in [7, 11) is -2.18. The van der Waals surface area contributed by atoms with Crippen molar-refractivity contribution in [1.29, 1.82) is 0 Å². The Labute approximate surface area is 69.4 Å². The van der Waals surface area contributed by atoms with Crippen molar-refractivity contribution in [2.24, 2.45) is 0 Å². The molecule has 0 heterocycles. The molecule has 0 rings (SSSR count). The molecule has 0 aliphatic rings. The van der Waals surface area contributed by atoms with Crippen LogP contribution in [0, 0.1) is 0 Å². The summed E-state index contributed by atoms with van der Waals surface area (Å²) in [5, 5.41) is 16.6. The lowest BCUT2D eigenvalue weighted by Crippen LogP contribution is -2.12. The van der Waals surface area contributed by atoms with Gasteiger partial charge in [-0.15, -0.1) is 0 Å². The van der Waals surface area contributed by atoms with Gasteiger partial charge in [0.2, 0.25) is 0 Å². The van der Waals surface area contributed by atoms with Gasteiger partial charge in [-0.1, -0.05) is 0 Å². The summed E-state index contributed by atoms with van der Waals surface area (Å²) in [5.74, 6) is -0.335. The molecule has 0 fully saturated rings. The van der Waals surface area contributed by atoms with Gasteiger partial charge in [0.1, 0.15) is 11.2 Å². The summed E-state index contributed by atoms with van der Waals surface area (Å²) in [6.45, 7) is 1.21. The first-order chi connectivity index (χ1) is 5.54. The normalized spacial score (nSPS) is 11.6. The molecule has 0 bridgehead atoms. The second-order valence-electron chi connectivity index (χ2n) is 1.89. The Morgan fingerprint density at radius 3 is 2.42 bits per heavy atom. The minimum atomic E-state index is -2.18. The quantitative estimate of drug-likeness (QED) is 0.328. The van der Waals surface area contributed by atoms with Gasteiger partial charge in [-0.05, 0) is 0 Å². The summed E-state index contributed by atoms with van der Waals surface area (Å²) in [4.78, 5) is 31.1. The molecule has 0 saturated heterocycles. The summed E-state index contributed by atoms with van der Waals surface area (Å²) >= 11 is 0. The van der Waals surface area contributed by atoms with E-state index in [1.165, 1.54) is 6.92 Å². The van der Waals surface area contributed by atoms with Crippen molar-refractivity contribution in [3.05, 3.63) is 5.57 Å². The van der Waals surface area contributed by atoms with Crippen LogP contribution in [0.1, 0.15) is 6.92 Å². The molecule has 0 aromatic rings. The highest BCUT2D eigenvalue weighted by atomic mass is 31.1. The van der Waals surface area contributed by atoms with Crippen molar-refractivity contribution in [3.63, 3.8) is 0 Å². The largest absolute Gasteiger partial charge is 0.628 e. The predicted octanol–water partition coefficient (Wildman–Crippen LogP) is -1.27. The molecule has 0 aliphatic heterocycles. The van der Waals surface area contributed by atoms with Crippen LogP contribution in [0.25, 0.3) is 0 Å². The molecule has 0 saturated carbocycles. The first kappa shape index (κ1) is 11.0. The molecule has 0 aromatic carbocycles. The van der Waals surface area contributed by atoms with Gasteiger partial charge in [0.05, 0.1) is 7.77 Å². The second kappa shape index (κ2) is 4.80. The number of rotatable bonds is 3. The van der Waals surface area contributed by atoms with Gasteiger partial charge in [0, 0.05) is 6.92 Å². The average molecular weight is 190 g/mol. The number of hydrogen-bond donors (Lipinski definition) is 2. The summed E-state index contributed by atoms with van der Waals surface area (Å²) in [6, 6.07) is 0. The third kappa shape index (κ3) is 2.57. The molecule has 6 heteroatoms. The van der Waals surface area contributed by atoms with Crippen LogP contribution >= 0.6 is 7.77 Å². The topological polar surface area (TPSA) is 97.7 Å². The molecule has 66 valence electrons. The molecule has 0 aromatic heterocycles. The fourth-order valence-electron chi connectivity index (χ4n) is 0.503. The van der Waals surface area contributed by atoms with Crippen LogP contribution in [-0.4, -0.2) is 33.8 Å². The first-order valence-corrected chi connectivity index (χ1v) is 4.37. The smallest absolute Gasteiger partial charge is 0.351 e. The number of aliphatic hydroxyl groups is 1. The van der Waals surface area contributed by atoms with E-state index in [1.807, 2.05) is 0 Å². The summed E-state index contributed by atoms with van der Waals surface area (Å²) in [5.41, 5.74) is -0.676. The molecule has 0 spiro atoms. The zero-order chi connectivity index (χ0) is 9.72. The van der Waals surface area contributed by atoms with E-state index in [0.717, 1.165) is 5.94 Å². The Balaban J connectivity index is 5.04. The van der Waals surface area contributed by atoms with Gasteiger partial charge in [0.15, 0.2) is 11.9 Å². The van der Waals surface area contributed by atoms with Gasteiger partial charge < -0.3 is 15.1 Å². The summed E-state index contributed by atoms with van der Waals surface area (Å²) < 4.78 is 0. The number of carboxylic acid groups (broad SMARTS) is 1. The third-order valence-corrected chi connectivity index (χ3v) is 2.41. The highest BCUT2D eigenvalue weighted by Crippen LogP contribution is 2.15. The minimum Gasteiger partial charge on any atom is -0.628 e. The lowest BCUT2D eigenvalue weighted by atomic mass is 10.2. The van der Waals surface area contributed by atoms with Crippen molar-refractivity contribution in [2.75, 3.05) is 6.35 Å². The third-order valence-electron chi connectivity index (χ3n) is 1.18. The Morgan fingerprint density at radius 1 is 1.67 bits per heavy atom. The van der Waals surface area contributed by atoms with E-state index < -0.39 is 25.7 Å². The maximum Gasteiger partial charge on any atom is 0.351 e. The van der Waals surface area contributed by atoms with E-state index >= 15 is 0 Å². The van der Waals surface area contributed by atoms with Crippen molar-refractivity contribution >= 4 is 25.0 Å². The van der Waals surface area contributed by atoms with E-state index in [0.29, 0.717) is 0 Å². The Bertz CT molecular complexity index is 274. The van der Waals surface area contributed by atoms with Crippen LogP contribution in [0.5, 0.6) is 0 Å². The average Bonchev–Trinajstić information content (AvgIpc) is 2.03. The molecule has 2 N–H and O–H groups in total.